The fraction of sp³-hybridized carbons (Fsp3) is 0.829. The summed E-state index contributed by atoms with van der Waals surface area (Å²) in [6, 6.07) is -10.9. The zero-order chi connectivity index (χ0) is 73.7. The predicted octanol–water partition coefficient (Wildman–Crippen LogP) is 5.61. The summed E-state index contributed by atoms with van der Waals surface area (Å²) in [6.45, 7) is 15.5. The van der Waals surface area contributed by atoms with Crippen LogP contribution in [-0.4, -0.2) is 275 Å². The van der Waals surface area contributed by atoms with E-state index in [0.29, 0.717) is 31.6 Å². The fourth-order valence-corrected chi connectivity index (χ4v) is 15.2. The second kappa shape index (κ2) is 36.4. The van der Waals surface area contributed by atoms with Gasteiger partial charge in [0.15, 0.2) is 0 Å². The fourth-order valence-electron chi connectivity index (χ4n) is 14.7. The molecule has 2 aliphatic carbocycles. The quantitative estimate of drug-likeness (QED) is 0.201. The Bertz CT molecular complexity index is 2830. The van der Waals surface area contributed by atoms with E-state index in [4.69, 9.17) is 11.6 Å². The van der Waals surface area contributed by atoms with E-state index in [1.165, 1.54) is 107 Å². The van der Waals surface area contributed by atoms with Gasteiger partial charge in [0, 0.05) is 81.4 Å². The maximum atomic E-state index is 15.2. The Hall–Kier alpha value is -6.28. The summed E-state index contributed by atoms with van der Waals surface area (Å²) in [6.07, 6.45) is 0.540. The molecule has 28 heteroatoms. The zero-order valence-corrected chi connectivity index (χ0v) is 62.2. The topological polar surface area (TPSA) is 261 Å². The molecule has 0 aromatic heterocycles. The van der Waals surface area contributed by atoms with Gasteiger partial charge in [-0.25, -0.2) is 0 Å². The minimum Gasteiger partial charge on any atom is -0.347 e. The lowest BCUT2D eigenvalue weighted by Gasteiger charge is -2.45. The van der Waals surface area contributed by atoms with E-state index >= 15 is 19.2 Å². The van der Waals surface area contributed by atoms with Crippen LogP contribution in [0.5, 0.6) is 0 Å². The van der Waals surface area contributed by atoms with Gasteiger partial charge in [-0.05, 0) is 113 Å². The molecule has 5 fully saturated rings. The van der Waals surface area contributed by atoms with Crippen molar-refractivity contribution < 1.29 is 70.7 Å². The molecular formula is C70H116ClF3N12O12. The smallest absolute Gasteiger partial charge is 0.347 e. The zero-order valence-electron chi connectivity index (χ0n) is 61.5. The van der Waals surface area contributed by atoms with Crippen LogP contribution in [-0.2, 0) is 57.5 Å². The van der Waals surface area contributed by atoms with E-state index < -0.39 is 174 Å². The maximum Gasteiger partial charge on any atom is 0.393 e. The molecule has 5 aliphatic rings. The second-order valence-electron chi connectivity index (χ2n) is 29.7. The Balaban J connectivity index is 1.61. The highest BCUT2D eigenvalue weighted by Crippen LogP contribution is 2.44. The molecule has 24 nitrogen and oxygen atoms in total. The van der Waals surface area contributed by atoms with Crippen molar-refractivity contribution in [2.75, 3.05) is 89.1 Å². The maximum absolute atomic E-state index is 15.2. The number of fused-ring (bicyclic) bond motifs is 2. The average Bonchev–Trinajstić information content (AvgIpc) is 0.965. The third kappa shape index (κ3) is 20.5. The normalized spacial score (nSPS) is 30.9. The standard InChI is InChI=1S/C70H116ClF3N12O12/c1-18-32-84-40-58(89)83(17)60(44(8)20-3)69(98)82(16)55(64(93)77(10)11)38-57(88)80(14)53(35-41(4)5)61(90)76-59(43(7)19-2)68(97)79(13)45(9)62(91)86-34-31-52(86)66(95)81(15)54(37-47-25-23-42(6)24-26-47)65(94)78(12)39-56(87)75-50(63(92)85-33-21-22-51(85)67(84)96)30-28-46-27-29-48(49(71)36-46)70(72,73)74/h41-55,59-60H,18-40H2,1-17H3,(H,75,87)(H,76,90)/t42?,43-,44-,45-,46?,47?,48?,49?,50-,51-,52-,53-,54-,55-,59-,60-/m0/s1. The van der Waals surface area contributed by atoms with E-state index in [2.05, 4.69) is 17.6 Å². The molecule has 3 heterocycles. The number of nitrogens with zero attached hydrogens (tertiary/aromatic N) is 10. The molecule has 2 saturated carbocycles. The van der Waals surface area contributed by atoms with Crippen LogP contribution in [0.1, 0.15) is 178 Å². The van der Waals surface area contributed by atoms with Crippen LogP contribution in [0.2, 0.25) is 0 Å². The van der Waals surface area contributed by atoms with E-state index in [9.17, 15) is 51.5 Å². The first-order valence-corrected chi connectivity index (χ1v) is 36.2. The van der Waals surface area contributed by atoms with Gasteiger partial charge in [-0.15, -0.1) is 11.6 Å². The summed E-state index contributed by atoms with van der Waals surface area (Å²) in [5.74, 6) is -10.5. The van der Waals surface area contributed by atoms with E-state index in [1.807, 2.05) is 27.7 Å². The van der Waals surface area contributed by atoms with Crippen molar-refractivity contribution in [1.82, 2.24) is 59.6 Å². The molecule has 98 heavy (non-hydrogen) atoms. The van der Waals surface area contributed by atoms with Crippen LogP contribution in [0.3, 0.4) is 0 Å². The number of hydrogen-bond donors (Lipinski definition) is 2. The molecule has 0 spiro atoms. The van der Waals surface area contributed by atoms with Gasteiger partial charge in [-0.3, -0.25) is 57.5 Å². The number of rotatable bonds is 14. The van der Waals surface area contributed by atoms with Crippen molar-refractivity contribution in [2.24, 2.45) is 41.4 Å². The number of halogens is 4. The minimum atomic E-state index is -4.51. The summed E-state index contributed by atoms with van der Waals surface area (Å²) < 4.78 is 42.0. The summed E-state index contributed by atoms with van der Waals surface area (Å²) >= 11 is 6.39. The summed E-state index contributed by atoms with van der Waals surface area (Å²) in [4.78, 5) is 190. The molecule has 0 aromatic carbocycles. The minimum absolute atomic E-state index is 0.00234. The summed E-state index contributed by atoms with van der Waals surface area (Å²) in [7, 11) is 11.5. The van der Waals surface area contributed by atoms with E-state index in [-0.39, 0.29) is 95.2 Å². The molecule has 12 amide bonds. The largest absolute Gasteiger partial charge is 0.393 e. The van der Waals surface area contributed by atoms with Crippen molar-refractivity contribution in [2.45, 2.75) is 244 Å². The average molecular weight is 1410 g/mol. The van der Waals surface area contributed by atoms with Gasteiger partial charge < -0.3 is 59.6 Å². The SMILES string of the molecule is CCCN1CC(=O)N(C)[C@@H]([C@@H](C)CC)C(=O)N(C)[C@H](C(=O)N(C)C)CC(=O)N(C)[C@@H](CC(C)C)C(=O)N[C@@H]([C@@H](C)CC)C(=O)N(C)[C@@H](C)C(=O)N2CC[C@H]2C(=O)N(C)[C@@H](CC2CCC(C)CC2)C(=O)N(C)CC(=O)N[C@@H](CCC2CCC(C(F)(F)F)C(Cl)C2)C(=O)N2CCC[C@H]2C1=O. The van der Waals surface area contributed by atoms with Crippen molar-refractivity contribution in [3.63, 3.8) is 0 Å². The molecule has 3 unspecified atom stereocenters. The Kier molecular flexibility index (Phi) is 30.6. The van der Waals surface area contributed by atoms with Gasteiger partial charge in [-0.2, -0.15) is 13.2 Å². The summed E-state index contributed by atoms with van der Waals surface area (Å²) in [5.41, 5.74) is 0. The summed E-state index contributed by atoms with van der Waals surface area (Å²) in [5, 5.41) is 4.52. The van der Waals surface area contributed by atoms with Gasteiger partial charge in [0.1, 0.15) is 54.4 Å². The van der Waals surface area contributed by atoms with Crippen molar-refractivity contribution in [1.29, 1.82) is 0 Å². The number of amides is 12. The van der Waals surface area contributed by atoms with Crippen molar-refractivity contribution in [3.05, 3.63) is 0 Å². The number of alkyl halides is 4. The van der Waals surface area contributed by atoms with Gasteiger partial charge in [0.2, 0.25) is 70.9 Å². The molecule has 3 saturated heterocycles. The molecule has 0 bridgehead atoms. The van der Waals surface area contributed by atoms with E-state index in [1.54, 1.807) is 20.8 Å². The van der Waals surface area contributed by atoms with Crippen LogP contribution in [0.25, 0.3) is 0 Å². The number of hydrogen-bond acceptors (Lipinski definition) is 12. The third-order valence-corrected chi connectivity index (χ3v) is 22.4. The predicted molar refractivity (Wildman–Crippen MR) is 365 cm³/mol. The molecule has 3 aliphatic heterocycles. The van der Waals surface area contributed by atoms with Crippen LogP contribution >= 0.6 is 11.6 Å². The number of likely N-dealkylation sites (N-methyl/N-ethyl adjacent to an activating group) is 7. The lowest BCUT2D eigenvalue weighted by atomic mass is 9.78. The van der Waals surface area contributed by atoms with Crippen LogP contribution in [0, 0.1) is 41.4 Å². The third-order valence-electron chi connectivity index (χ3n) is 22.0. The lowest BCUT2D eigenvalue weighted by Crippen LogP contribution is -2.65. The number of carbonyl (C=O) groups is 12. The van der Waals surface area contributed by atoms with Crippen LogP contribution in [0.15, 0.2) is 0 Å². The highest BCUT2D eigenvalue weighted by molar-refractivity contribution is 6.20. The Labute approximate surface area is 584 Å². The molecule has 2 N–H and O–H groups in total. The molecule has 5 rings (SSSR count). The highest BCUT2D eigenvalue weighted by Gasteiger charge is 2.50. The first-order chi connectivity index (χ1) is 45.8. The second-order valence-corrected chi connectivity index (χ2v) is 30.3. The van der Waals surface area contributed by atoms with Crippen LogP contribution < -0.4 is 10.6 Å². The first-order valence-electron chi connectivity index (χ1n) is 35.8. The number of carbonyl (C=O) groups excluding carboxylic acids is 12. The van der Waals surface area contributed by atoms with Gasteiger partial charge in [-0.1, -0.05) is 93.9 Å². The molecule has 0 aromatic rings. The molecule has 556 valence electrons. The molecular weight excluding hydrogens is 1290 g/mol. The van der Waals surface area contributed by atoms with Gasteiger partial charge >= 0.3 is 6.18 Å². The van der Waals surface area contributed by atoms with Crippen molar-refractivity contribution >= 4 is 82.5 Å². The monoisotopic (exact) mass is 1410 g/mol. The van der Waals surface area contributed by atoms with Crippen LogP contribution in [0.4, 0.5) is 13.2 Å². The lowest BCUT2D eigenvalue weighted by molar-refractivity contribution is -0.182. The molecule has 14 atom stereocenters. The Morgan fingerprint density at radius 1 is 0.612 bits per heavy atom. The molecule has 0 radical (unpaired) electrons. The van der Waals surface area contributed by atoms with Gasteiger partial charge in [0.25, 0.3) is 0 Å². The van der Waals surface area contributed by atoms with E-state index in [0.717, 1.165) is 30.6 Å². The number of nitrogens with one attached hydrogen (secondary N) is 2. The van der Waals surface area contributed by atoms with Gasteiger partial charge in [0.05, 0.1) is 25.4 Å². The Morgan fingerprint density at radius 2 is 1.21 bits per heavy atom. The highest BCUT2D eigenvalue weighted by atomic mass is 35.5. The first kappa shape index (κ1) is 82.4. The van der Waals surface area contributed by atoms with Crippen molar-refractivity contribution in [3.8, 4) is 0 Å². The Morgan fingerprint density at radius 3 is 1.77 bits per heavy atom.